The summed E-state index contributed by atoms with van der Waals surface area (Å²) in [6.07, 6.45) is 1.92. The third-order valence-corrected chi connectivity index (χ3v) is 17.6. The van der Waals surface area contributed by atoms with Gasteiger partial charge in [0, 0.05) is 28.8 Å². The number of hydrogen-bond donors (Lipinski definition) is 0. The van der Waals surface area contributed by atoms with Crippen molar-refractivity contribution in [2.45, 2.75) is 195 Å². The number of ether oxygens (including phenoxy) is 1. The molecular formula is C72H86N4O. The summed E-state index contributed by atoms with van der Waals surface area (Å²) in [6.45, 7) is 48.9. The van der Waals surface area contributed by atoms with Crippen LogP contribution in [0.4, 0.5) is 22.9 Å². The van der Waals surface area contributed by atoms with Gasteiger partial charge in [-0.15, -0.1) is 0 Å². The van der Waals surface area contributed by atoms with Gasteiger partial charge in [0.1, 0.15) is 28.7 Å². The number of nitrogens with zero attached hydrogens (tertiary/aromatic N) is 4. The second kappa shape index (κ2) is 18.0. The molecule has 2 aliphatic heterocycles. The van der Waals surface area contributed by atoms with E-state index in [9.17, 15) is 0 Å². The summed E-state index contributed by atoms with van der Waals surface area (Å²) in [5.41, 5.74) is 19.0. The number of fused-ring (bicyclic) bond motifs is 8. The average Bonchev–Trinajstić information content (AvgIpc) is 3.90. The van der Waals surface area contributed by atoms with E-state index in [1.807, 2.05) is 6.20 Å². The molecule has 6 aromatic carbocycles. The lowest BCUT2D eigenvalue weighted by Gasteiger charge is -2.51. The first-order chi connectivity index (χ1) is 35.7. The van der Waals surface area contributed by atoms with Crippen LogP contribution in [0.25, 0.3) is 11.1 Å². The van der Waals surface area contributed by atoms with Crippen LogP contribution >= 0.6 is 0 Å². The Morgan fingerprint density at radius 2 is 1.05 bits per heavy atom. The highest BCUT2D eigenvalue weighted by Gasteiger charge is 2.62. The second-order valence-electron chi connectivity index (χ2n) is 28.4. The maximum absolute atomic E-state index is 7.32. The molecule has 1 aromatic heterocycles. The minimum atomic E-state index is -0.704. The highest BCUT2D eigenvalue weighted by Crippen LogP contribution is 2.63. The van der Waals surface area contributed by atoms with E-state index >= 15 is 0 Å². The first-order valence-corrected chi connectivity index (χ1v) is 28.4. The summed E-state index contributed by atoms with van der Waals surface area (Å²) >= 11 is 0. The fraction of sp³-hybridized carbons (Fsp3) is 0.417. The molecular weight excluding hydrogens is 937 g/mol. The molecule has 5 nitrogen and oxygen atoms in total. The van der Waals surface area contributed by atoms with E-state index in [1.54, 1.807) is 0 Å². The molecule has 10 rings (SSSR count). The Hall–Kier alpha value is -6.46. The van der Waals surface area contributed by atoms with Crippen molar-refractivity contribution in [3.63, 3.8) is 0 Å². The number of aliphatic imine (C=N–C) groups is 1. The van der Waals surface area contributed by atoms with E-state index in [-0.39, 0.29) is 38.9 Å². The fourth-order valence-corrected chi connectivity index (χ4v) is 12.7. The zero-order valence-electron chi connectivity index (χ0n) is 50.5. The SMILES string of the molecule is Cc1cc(Oc2cc(C3=N[C@]4(C)c5ccc(C(C)(C)C)cc5-c5cc(C(C)(C)C)ccc5[C@]4(C)N3c3c(C(C)C)cccc3C(C)C)cc(C(C)(C)C)c2)cc(N2c3ccc(C(C)(C)C)cc3C(C)(C)c3cccnc32)c1. The quantitative estimate of drug-likeness (QED) is 0.160. The van der Waals surface area contributed by atoms with Crippen LogP contribution in [0.2, 0.25) is 0 Å². The Kier molecular flexibility index (Phi) is 12.6. The zero-order valence-corrected chi connectivity index (χ0v) is 50.5. The van der Waals surface area contributed by atoms with E-state index < -0.39 is 11.1 Å². The Morgan fingerprint density at radius 1 is 0.506 bits per heavy atom. The average molecular weight is 1020 g/mol. The number of hydrogen-bond acceptors (Lipinski definition) is 5. The fourth-order valence-electron chi connectivity index (χ4n) is 12.7. The molecule has 3 heterocycles. The normalized spacial score (nSPS) is 18.9. The number of rotatable bonds is 7. The van der Waals surface area contributed by atoms with Crippen LogP contribution in [0.1, 0.15) is 217 Å². The molecule has 1 aliphatic carbocycles. The van der Waals surface area contributed by atoms with Crippen molar-refractivity contribution >= 4 is 28.7 Å². The number of aromatic nitrogens is 1. The van der Waals surface area contributed by atoms with Crippen LogP contribution in [-0.2, 0) is 38.2 Å². The van der Waals surface area contributed by atoms with E-state index in [1.165, 1.54) is 72.4 Å². The van der Waals surface area contributed by atoms with Crippen molar-refractivity contribution in [3.8, 4) is 22.6 Å². The van der Waals surface area contributed by atoms with Gasteiger partial charge in [0.15, 0.2) is 0 Å². The maximum Gasteiger partial charge on any atom is 0.141 e. The van der Waals surface area contributed by atoms with Crippen molar-refractivity contribution in [2.75, 3.05) is 9.80 Å². The molecule has 0 amide bonds. The van der Waals surface area contributed by atoms with E-state index in [0.29, 0.717) is 0 Å². The van der Waals surface area contributed by atoms with Crippen molar-refractivity contribution in [2.24, 2.45) is 4.99 Å². The Balaban J connectivity index is 1.21. The van der Waals surface area contributed by atoms with E-state index in [0.717, 1.165) is 45.7 Å². The molecule has 3 aliphatic rings. The molecule has 5 heteroatoms. The summed E-state index contributed by atoms with van der Waals surface area (Å²) in [5.74, 6) is 3.95. The van der Waals surface area contributed by atoms with Crippen molar-refractivity contribution < 1.29 is 4.74 Å². The summed E-state index contributed by atoms with van der Waals surface area (Å²) in [7, 11) is 0. The van der Waals surface area contributed by atoms with Gasteiger partial charge in [0.05, 0.1) is 22.6 Å². The third kappa shape index (κ3) is 8.83. The zero-order chi connectivity index (χ0) is 55.9. The van der Waals surface area contributed by atoms with E-state index in [4.69, 9.17) is 14.7 Å². The van der Waals surface area contributed by atoms with Crippen LogP contribution in [0.15, 0.2) is 133 Å². The molecule has 0 saturated heterocycles. The smallest absolute Gasteiger partial charge is 0.141 e. The lowest BCUT2D eigenvalue weighted by Crippen LogP contribution is -2.55. The predicted molar refractivity (Wildman–Crippen MR) is 327 cm³/mol. The molecule has 0 unspecified atom stereocenters. The van der Waals surface area contributed by atoms with Gasteiger partial charge in [-0.2, -0.15) is 0 Å². The van der Waals surface area contributed by atoms with Crippen LogP contribution in [-0.4, -0.2) is 10.8 Å². The summed E-state index contributed by atoms with van der Waals surface area (Å²) in [6, 6.07) is 46.4. The van der Waals surface area contributed by atoms with Gasteiger partial charge in [-0.1, -0.05) is 197 Å². The number of aryl methyl sites for hydroxylation is 1. The Labute approximate surface area is 463 Å². The summed E-state index contributed by atoms with van der Waals surface area (Å²) in [4.78, 5) is 16.4. The van der Waals surface area contributed by atoms with E-state index in [2.05, 4.69) is 277 Å². The molecule has 400 valence electrons. The molecule has 2 atom stereocenters. The highest BCUT2D eigenvalue weighted by molar-refractivity contribution is 6.15. The van der Waals surface area contributed by atoms with Gasteiger partial charge in [0.25, 0.3) is 0 Å². The van der Waals surface area contributed by atoms with Crippen LogP contribution in [0.5, 0.6) is 11.5 Å². The molecule has 0 spiro atoms. The third-order valence-electron chi connectivity index (χ3n) is 17.6. The minimum Gasteiger partial charge on any atom is -0.457 e. The molecule has 7 aromatic rings. The molecule has 0 saturated carbocycles. The van der Waals surface area contributed by atoms with Crippen molar-refractivity contribution in [1.29, 1.82) is 0 Å². The number of pyridine rings is 1. The highest BCUT2D eigenvalue weighted by atomic mass is 16.5. The van der Waals surface area contributed by atoms with Crippen molar-refractivity contribution in [3.05, 3.63) is 194 Å². The number of amidine groups is 1. The van der Waals surface area contributed by atoms with Crippen LogP contribution in [0.3, 0.4) is 0 Å². The topological polar surface area (TPSA) is 41.0 Å². The lowest BCUT2D eigenvalue weighted by molar-refractivity contribution is 0.292. The lowest BCUT2D eigenvalue weighted by atomic mass is 9.62. The molecule has 77 heavy (non-hydrogen) atoms. The molecule has 0 bridgehead atoms. The minimum absolute atomic E-state index is 0.000285. The first kappa shape index (κ1) is 53.9. The van der Waals surface area contributed by atoms with Crippen LogP contribution < -0.4 is 14.5 Å². The maximum atomic E-state index is 7.32. The molecule has 0 N–H and O–H groups in total. The molecule has 0 fully saturated rings. The summed E-state index contributed by atoms with van der Waals surface area (Å²) < 4.78 is 7.32. The standard InChI is InChI=1S/C72H86N4O/c1-43(2)54-24-22-25-55(44(3)4)63(54)76-64(74-71(20)58-30-27-47(66(6,7)8)39-56(58)57-40-48(67(9,10)11)28-31-59(57)72(71,76)21)46-36-50(69(15,16)17)38-53(37-46)77-52-35-45(5)34-51(42-52)75-62-32-29-49(68(12,13)14)41-61(62)70(18,19)60-26-23-33-73-65(60)75/h22-44H,1-21H3/t71-,72+/m1/s1. The second-order valence-corrected chi connectivity index (χ2v) is 28.4. The Morgan fingerprint density at radius 3 is 1.64 bits per heavy atom. The van der Waals surface area contributed by atoms with Gasteiger partial charge < -0.3 is 9.64 Å². The van der Waals surface area contributed by atoms with Gasteiger partial charge >= 0.3 is 0 Å². The van der Waals surface area contributed by atoms with Gasteiger partial charge in [0.2, 0.25) is 0 Å². The number of benzene rings is 6. The monoisotopic (exact) mass is 1020 g/mol. The number of para-hydroxylation sites is 1. The van der Waals surface area contributed by atoms with Crippen molar-refractivity contribution in [1.82, 2.24) is 4.98 Å². The Bertz CT molecular complexity index is 3500. The largest absolute Gasteiger partial charge is 0.457 e. The first-order valence-electron chi connectivity index (χ1n) is 28.4. The molecule has 0 radical (unpaired) electrons. The predicted octanol–water partition coefficient (Wildman–Crippen LogP) is 19.8. The summed E-state index contributed by atoms with van der Waals surface area (Å²) in [5, 5.41) is 0. The van der Waals surface area contributed by atoms with Crippen LogP contribution in [0, 0.1) is 6.92 Å². The van der Waals surface area contributed by atoms with Gasteiger partial charge in [-0.05, 0) is 163 Å². The van der Waals surface area contributed by atoms with Gasteiger partial charge in [-0.25, -0.2) is 4.98 Å². The number of anilines is 4. The van der Waals surface area contributed by atoms with Gasteiger partial charge in [-0.3, -0.25) is 9.89 Å².